The molecule has 28 heavy (non-hydrogen) atoms. The zero-order valence-electron chi connectivity index (χ0n) is 14.7. The van der Waals surface area contributed by atoms with Gasteiger partial charge in [0, 0.05) is 16.2 Å². The van der Waals surface area contributed by atoms with Gasteiger partial charge >= 0.3 is 5.97 Å². The van der Waals surface area contributed by atoms with Crippen molar-refractivity contribution in [1.82, 2.24) is 0 Å². The Morgan fingerprint density at radius 3 is 2.25 bits per heavy atom. The van der Waals surface area contributed by atoms with Crippen LogP contribution in [0.4, 0.5) is 0 Å². The highest BCUT2D eigenvalue weighted by atomic mass is 79.9. The summed E-state index contributed by atoms with van der Waals surface area (Å²) >= 11 is 3.66. The second-order valence-electron chi connectivity index (χ2n) is 6.33. The molecule has 0 fully saturated rings. The van der Waals surface area contributed by atoms with Crippen molar-refractivity contribution >= 4 is 45.2 Å². The second kappa shape index (κ2) is 7.42. The number of ether oxygens (including phenoxy) is 1. The first kappa shape index (κ1) is 18.7. The Morgan fingerprint density at radius 1 is 0.929 bits per heavy atom. The summed E-state index contributed by atoms with van der Waals surface area (Å²) in [4.78, 5) is 10.7. The summed E-state index contributed by atoms with van der Waals surface area (Å²) in [6, 6.07) is 24.4. The maximum atomic E-state index is 14.2. The average Bonchev–Trinajstić information content (AvgIpc) is 2.96. The first-order valence-corrected chi connectivity index (χ1v) is 11.1. The third-order valence-corrected chi connectivity index (χ3v) is 9.39. The maximum Gasteiger partial charge on any atom is 0.341 e. The first-order chi connectivity index (χ1) is 13.5. The largest absolute Gasteiger partial charge is 0.482 e. The quantitative estimate of drug-likeness (QED) is 0.572. The van der Waals surface area contributed by atoms with Gasteiger partial charge in [-0.05, 0) is 39.2 Å². The molecule has 1 heterocycles. The van der Waals surface area contributed by atoms with Crippen LogP contribution in [0.25, 0.3) is 5.57 Å². The Kier molecular flexibility index (Phi) is 4.96. The summed E-state index contributed by atoms with van der Waals surface area (Å²) in [5.41, 5.74) is 2.70. The number of carboxylic acid groups (broad SMARTS) is 1. The van der Waals surface area contributed by atoms with E-state index in [0.29, 0.717) is 9.97 Å². The predicted molar refractivity (Wildman–Crippen MR) is 114 cm³/mol. The summed E-state index contributed by atoms with van der Waals surface area (Å²) < 4.78 is 20.1. The molecule has 0 amide bonds. The molecule has 0 spiro atoms. The monoisotopic (exact) mass is 454 g/mol. The highest BCUT2D eigenvalue weighted by Gasteiger charge is 2.41. The van der Waals surface area contributed by atoms with E-state index < -0.39 is 19.7 Å². The first-order valence-electron chi connectivity index (χ1n) is 8.63. The topological polar surface area (TPSA) is 63.6 Å². The molecule has 0 aliphatic carbocycles. The highest BCUT2D eigenvalue weighted by Crippen LogP contribution is 2.63. The van der Waals surface area contributed by atoms with Crippen molar-refractivity contribution in [2.24, 2.45) is 0 Å². The minimum absolute atomic E-state index is 0.391. The minimum Gasteiger partial charge on any atom is -0.482 e. The van der Waals surface area contributed by atoms with Gasteiger partial charge in [0.2, 0.25) is 0 Å². The molecule has 3 aromatic carbocycles. The molecule has 1 N–H and O–H groups in total. The zero-order valence-corrected chi connectivity index (χ0v) is 17.2. The van der Waals surface area contributed by atoms with Crippen LogP contribution in [0.2, 0.25) is 0 Å². The molecule has 0 radical (unpaired) electrons. The van der Waals surface area contributed by atoms with Crippen LogP contribution in [-0.2, 0) is 9.36 Å². The van der Waals surface area contributed by atoms with Crippen molar-refractivity contribution in [2.45, 2.75) is 0 Å². The van der Waals surface area contributed by atoms with Crippen LogP contribution in [0.1, 0.15) is 11.1 Å². The fraction of sp³-hybridized carbons (Fsp3) is 0.0455. The lowest BCUT2D eigenvalue weighted by Gasteiger charge is -2.14. The zero-order chi connectivity index (χ0) is 19.7. The summed E-state index contributed by atoms with van der Waals surface area (Å²) in [5, 5.41) is 10.3. The van der Waals surface area contributed by atoms with E-state index in [-0.39, 0.29) is 0 Å². The van der Waals surface area contributed by atoms with Gasteiger partial charge in [-0.3, -0.25) is 0 Å². The van der Waals surface area contributed by atoms with Crippen molar-refractivity contribution in [2.75, 3.05) is 6.61 Å². The van der Waals surface area contributed by atoms with Crippen molar-refractivity contribution in [3.8, 4) is 5.75 Å². The van der Waals surface area contributed by atoms with E-state index in [4.69, 9.17) is 9.84 Å². The summed E-state index contributed by atoms with van der Waals surface area (Å²) in [5.74, 6) is -0.552. The Bertz CT molecular complexity index is 1120. The SMILES string of the molecule is O=C(O)COc1ccc(C2=C(Br)P(=O)(c3ccccc3)c3ccccc32)cc1. The average molecular weight is 455 g/mol. The predicted octanol–water partition coefficient (Wildman–Crippen LogP) is 4.59. The molecule has 0 aromatic heterocycles. The molecule has 0 saturated carbocycles. The number of halogens is 1. The minimum atomic E-state index is -2.98. The van der Waals surface area contributed by atoms with E-state index in [2.05, 4.69) is 15.9 Å². The molecule has 4 rings (SSSR count). The Hall–Kier alpha value is -2.62. The third-order valence-electron chi connectivity index (χ3n) is 4.62. The molecule has 0 saturated heterocycles. The van der Waals surface area contributed by atoms with E-state index in [9.17, 15) is 9.36 Å². The number of carboxylic acids is 1. The lowest BCUT2D eigenvalue weighted by atomic mass is 10.00. The van der Waals surface area contributed by atoms with Crippen LogP contribution in [0.5, 0.6) is 5.75 Å². The summed E-state index contributed by atoms with van der Waals surface area (Å²) in [6.07, 6.45) is 0. The lowest BCUT2D eigenvalue weighted by molar-refractivity contribution is -0.139. The van der Waals surface area contributed by atoms with Crippen LogP contribution in [-0.4, -0.2) is 17.7 Å². The number of benzene rings is 3. The molecule has 140 valence electrons. The van der Waals surface area contributed by atoms with Crippen molar-refractivity contribution < 1.29 is 19.2 Å². The van der Waals surface area contributed by atoms with E-state index in [1.807, 2.05) is 66.7 Å². The fourth-order valence-corrected chi connectivity index (χ4v) is 7.69. The van der Waals surface area contributed by atoms with Crippen molar-refractivity contribution in [1.29, 1.82) is 0 Å². The number of hydrogen-bond donors (Lipinski definition) is 1. The van der Waals surface area contributed by atoms with Gasteiger partial charge in [-0.1, -0.05) is 66.7 Å². The standard InChI is InChI=1S/C22H16BrO4P/c23-22-21(15-10-12-16(13-11-15)27-14-20(24)25)18-8-4-5-9-19(18)28(22,26)17-6-2-1-3-7-17/h1-13H,14H2,(H,24,25). The second-order valence-corrected chi connectivity index (χ2v) is 10.4. The van der Waals surface area contributed by atoms with E-state index >= 15 is 0 Å². The number of rotatable bonds is 5. The third kappa shape index (κ3) is 3.11. The molecule has 6 heteroatoms. The van der Waals surface area contributed by atoms with Gasteiger partial charge in [0.25, 0.3) is 0 Å². The van der Waals surface area contributed by atoms with E-state index in [0.717, 1.165) is 27.3 Å². The number of fused-ring (bicyclic) bond motifs is 1. The highest BCUT2D eigenvalue weighted by molar-refractivity contribution is 9.13. The molecular weight excluding hydrogens is 439 g/mol. The van der Waals surface area contributed by atoms with Crippen LogP contribution < -0.4 is 15.3 Å². The van der Waals surface area contributed by atoms with Gasteiger partial charge in [0.1, 0.15) is 5.75 Å². The molecular formula is C22H16BrO4P. The maximum absolute atomic E-state index is 14.2. The number of carbonyl (C=O) groups is 1. The molecule has 4 nitrogen and oxygen atoms in total. The molecule has 1 atom stereocenters. The molecule has 3 aromatic rings. The Labute approximate surface area is 171 Å². The fourth-order valence-electron chi connectivity index (χ4n) is 3.36. The molecule has 0 bridgehead atoms. The summed E-state index contributed by atoms with van der Waals surface area (Å²) in [6.45, 7) is -0.391. The Balaban J connectivity index is 1.82. The van der Waals surface area contributed by atoms with Crippen LogP contribution >= 0.6 is 23.1 Å². The lowest BCUT2D eigenvalue weighted by Crippen LogP contribution is -2.14. The molecule has 1 unspecified atom stereocenters. The molecule has 1 aliphatic heterocycles. The molecule has 1 aliphatic rings. The van der Waals surface area contributed by atoms with Crippen molar-refractivity contribution in [3.63, 3.8) is 0 Å². The number of hydrogen-bond acceptors (Lipinski definition) is 3. The van der Waals surface area contributed by atoms with Crippen LogP contribution in [0.15, 0.2) is 83.1 Å². The van der Waals surface area contributed by atoms with Gasteiger partial charge in [-0.2, -0.15) is 0 Å². The van der Waals surface area contributed by atoms with E-state index in [1.165, 1.54) is 0 Å². The normalized spacial score (nSPS) is 18.0. The van der Waals surface area contributed by atoms with Crippen LogP contribution in [0, 0.1) is 0 Å². The number of aliphatic carboxylic acids is 1. The van der Waals surface area contributed by atoms with E-state index in [1.54, 1.807) is 12.1 Å². The van der Waals surface area contributed by atoms with Gasteiger partial charge in [-0.15, -0.1) is 0 Å². The Morgan fingerprint density at radius 2 is 1.57 bits per heavy atom. The van der Waals surface area contributed by atoms with Crippen LogP contribution in [0.3, 0.4) is 0 Å². The van der Waals surface area contributed by atoms with Gasteiger partial charge in [0.05, 0.1) is 4.22 Å². The van der Waals surface area contributed by atoms with Gasteiger partial charge in [-0.25, -0.2) is 4.79 Å². The smallest absolute Gasteiger partial charge is 0.341 e. The van der Waals surface area contributed by atoms with Gasteiger partial charge in [0.15, 0.2) is 13.7 Å². The summed E-state index contributed by atoms with van der Waals surface area (Å²) in [7, 11) is -2.98. The van der Waals surface area contributed by atoms with Gasteiger partial charge < -0.3 is 14.4 Å². The van der Waals surface area contributed by atoms with Crippen molar-refractivity contribution in [3.05, 3.63) is 94.2 Å².